The largest absolute Gasteiger partial charge is 0.493 e. The van der Waals surface area contributed by atoms with E-state index in [1.54, 1.807) is 32.4 Å². The molecule has 2 aromatic carbocycles. The molecule has 226 valence electrons. The summed E-state index contributed by atoms with van der Waals surface area (Å²) in [5.41, 5.74) is 2.50. The van der Waals surface area contributed by atoms with Crippen LogP contribution in [0.25, 0.3) is 5.69 Å². The van der Waals surface area contributed by atoms with Gasteiger partial charge in [-0.2, -0.15) is 0 Å². The Morgan fingerprint density at radius 1 is 1.02 bits per heavy atom. The van der Waals surface area contributed by atoms with Gasteiger partial charge in [0.2, 0.25) is 0 Å². The molecule has 3 aromatic rings. The second-order valence-electron chi connectivity index (χ2n) is 10.6. The number of methoxy groups -OCH3 is 2. The number of aromatic nitrogens is 1. The molecule has 0 unspecified atom stereocenters. The Labute approximate surface area is 247 Å². The molecule has 1 aliphatic heterocycles. The van der Waals surface area contributed by atoms with E-state index in [1.165, 1.54) is 0 Å². The number of hydrogen-bond donors (Lipinski definition) is 2. The van der Waals surface area contributed by atoms with Crippen LogP contribution >= 0.6 is 0 Å². The van der Waals surface area contributed by atoms with Crippen LogP contribution in [0.5, 0.6) is 11.5 Å². The molecular formula is C32H42N4O6. The third-order valence-corrected chi connectivity index (χ3v) is 7.26. The highest BCUT2D eigenvalue weighted by molar-refractivity contribution is 5.95. The standard InChI is InChI=1S/C32H42N4O6/c1-23(2)36(31(37)25-11-12-28(40-4)29(18-25)41-16-8-15-39-3)22-26-20-33-21-30(26)42-32(38)34-19-24-9-7-10-27(17-24)35-13-5-6-14-35/h5-7,9-14,17-18,23,26,30,33H,8,15-16,19-22H2,1-4H3,(H,34,38)/t26-,30-/m1/s1. The molecule has 2 N–H and O–H groups in total. The van der Waals surface area contributed by atoms with Gasteiger partial charge in [-0.15, -0.1) is 0 Å². The summed E-state index contributed by atoms with van der Waals surface area (Å²) in [5, 5.41) is 6.19. The Balaban J connectivity index is 1.35. The third-order valence-electron chi connectivity index (χ3n) is 7.26. The molecule has 10 heteroatoms. The molecule has 2 heterocycles. The van der Waals surface area contributed by atoms with Crippen LogP contribution in [0.3, 0.4) is 0 Å². The number of rotatable bonds is 14. The first-order valence-corrected chi connectivity index (χ1v) is 14.4. The lowest BCUT2D eigenvalue weighted by molar-refractivity contribution is 0.0521. The zero-order valence-corrected chi connectivity index (χ0v) is 24.9. The number of nitrogens with zero attached hydrogens (tertiary/aromatic N) is 2. The van der Waals surface area contributed by atoms with Crippen molar-refractivity contribution in [2.75, 3.05) is 47.1 Å². The van der Waals surface area contributed by atoms with Crippen LogP contribution in [0.4, 0.5) is 4.79 Å². The van der Waals surface area contributed by atoms with E-state index in [0.29, 0.717) is 56.5 Å². The van der Waals surface area contributed by atoms with E-state index in [4.69, 9.17) is 18.9 Å². The highest BCUT2D eigenvalue weighted by atomic mass is 16.6. The fourth-order valence-electron chi connectivity index (χ4n) is 4.97. The van der Waals surface area contributed by atoms with Crippen molar-refractivity contribution in [3.63, 3.8) is 0 Å². The topological polar surface area (TPSA) is 103 Å². The molecule has 2 atom stereocenters. The summed E-state index contributed by atoms with van der Waals surface area (Å²) >= 11 is 0. The molecule has 42 heavy (non-hydrogen) atoms. The van der Waals surface area contributed by atoms with Crippen LogP contribution in [-0.4, -0.2) is 80.7 Å². The zero-order valence-electron chi connectivity index (χ0n) is 24.9. The van der Waals surface area contributed by atoms with E-state index in [-0.39, 0.29) is 24.0 Å². The van der Waals surface area contributed by atoms with Gasteiger partial charge in [-0.1, -0.05) is 12.1 Å². The maximum Gasteiger partial charge on any atom is 0.407 e. The predicted octanol–water partition coefficient (Wildman–Crippen LogP) is 4.27. The van der Waals surface area contributed by atoms with E-state index in [1.807, 2.05) is 72.1 Å². The SMILES string of the molecule is COCCCOc1cc(C(=O)N(C[C@H]2CNC[C@H]2OC(=O)NCc2cccc(-n3cccc3)c2)C(C)C)ccc1OC. The second kappa shape index (κ2) is 15.3. The van der Waals surface area contributed by atoms with Gasteiger partial charge in [0.25, 0.3) is 5.91 Å². The molecule has 2 amide bonds. The van der Waals surface area contributed by atoms with Crippen LogP contribution in [0.1, 0.15) is 36.2 Å². The van der Waals surface area contributed by atoms with E-state index in [9.17, 15) is 9.59 Å². The molecule has 0 bridgehead atoms. The molecule has 1 aliphatic rings. The van der Waals surface area contributed by atoms with E-state index in [2.05, 4.69) is 10.6 Å². The van der Waals surface area contributed by atoms with Crippen LogP contribution < -0.4 is 20.1 Å². The van der Waals surface area contributed by atoms with Crippen molar-refractivity contribution in [1.82, 2.24) is 20.1 Å². The van der Waals surface area contributed by atoms with Crippen LogP contribution in [0, 0.1) is 5.92 Å². The van der Waals surface area contributed by atoms with Gasteiger partial charge in [0, 0.05) is 81.9 Å². The molecule has 1 saturated heterocycles. The van der Waals surface area contributed by atoms with Crippen molar-refractivity contribution in [1.29, 1.82) is 0 Å². The molecule has 0 radical (unpaired) electrons. The summed E-state index contributed by atoms with van der Waals surface area (Å²) < 4.78 is 24.2. The molecule has 1 fully saturated rings. The molecule has 10 nitrogen and oxygen atoms in total. The molecule has 0 aliphatic carbocycles. The summed E-state index contributed by atoms with van der Waals surface area (Å²) in [7, 11) is 3.22. The van der Waals surface area contributed by atoms with Crippen molar-refractivity contribution in [3.05, 3.63) is 78.1 Å². The number of hydrogen-bond acceptors (Lipinski definition) is 7. The molecule has 0 spiro atoms. The zero-order chi connectivity index (χ0) is 29.9. The van der Waals surface area contributed by atoms with Crippen molar-refractivity contribution in [2.45, 2.75) is 39.0 Å². The molecular weight excluding hydrogens is 536 g/mol. The highest BCUT2D eigenvalue weighted by Crippen LogP contribution is 2.29. The van der Waals surface area contributed by atoms with Crippen LogP contribution in [0.2, 0.25) is 0 Å². The van der Waals surface area contributed by atoms with Crippen molar-refractivity contribution in [2.24, 2.45) is 5.92 Å². The van der Waals surface area contributed by atoms with Crippen molar-refractivity contribution >= 4 is 12.0 Å². The number of benzene rings is 2. The van der Waals surface area contributed by atoms with E-state index >= 15 is 0 Å². The van der Waals surface area contributed by atoms with Gasteiger partial charge in [0.05, 0.1) is 13.7 Å². The third kappa shape index (κ3) is 8.27. The number of alkyl carbamates (subject to hydrolysis) is 1. The smallest absolute Gasteiger partial charge is 0.407 e. The molecule has 4 rings (SSSR count). The summed E-state index contributed by atoms with van der Waals surface area (Å²) in [6.45, 7) is 6.96. The Morgan fingerprint density at radius 2 is 1.83 bits per heavy atom. The number of amides is 2. The molecule has 1 aromatic heterocycles. The minimum Gasteiger partial charge on any atom is -0.493 e. The van der Waals surface area contributed by atoms with E-state index < -0.39 is 6.09 Å². The summed E-state index contributed by atoms with van der Waals surface area (Å²) in [4.78, 5) is 28.2. The van der Waals surface area contributed by atoms with Crippen molar-refractivity contribution < 1.29 is 28.5 Å². The minimum atomic E-state index is -0.479. The van der Waals surface area contributed by atoms with Gasteiger partial charge >= 0.3 is 6.09 Å². The maximum absolute atomic E-state index is 13.7. The quantitative estimate of drug-likeness (QED) is 0.276. The first-order chi connectivity index (χ1) is 20.4. The highest BCUT2D eigenvalue weighted by Gasteiger charge is 2.34. The summed E-state index contributed by atoms with van der Waals surface area (Å²) in [6.07, 6.45) is 3.84. The summed E-state index contributed by atoms with van der Waals surface area (Å²) in [6, 6.07) is 17.1. The van der Waals surface area contributed by atoms with Gasteiger partial charge in [-0.3, -0.25) is 4.79 Å². The lowest BCUT2D eigenvalue weighted by atomic mass is 10.0. The van der Waals surface area contributed by atoms with Gasteiger partial charge in [0.15, 0.2) is 11.5 Å². The average Bonchev–Trinajstić information content (AvgIpc) is 3.69. The lowest BCUT2D eigenvalue weighted by Crippen LogP contribution is -2.44. The predicted molar refractivity (Wildman–Crippen MR) is 160 cm³/mol. The van der Waals surface area contributed by atoms with Gasteiger partial charge in [-0.25, -0.2) is 4.79 Å². The molecule has 0 saturated carbocycles. The first-order valence-electron chi connectivity index (χ1n) is 14.4. The fourth-order valence-corrected chi connectivity index (χ4v) is 4.97. The Kier molecular flexibility index (Phi) is 11.2. The number of nitrogens with one attached hydrogen (secondary N) is 2. The van der Waals surface area contributed by atoms with Gasteiger partial charge < -0.3 is 39.0 Å². The van der Waals surface area contributed by atoms with Crippen LogP contribution in [0.15, 0.2) is 67.0 Å². The normalized spacial score (nSPS) is 16.3. The second-order valence-corrected chi connectivity index (χ2v) is 10.6. The van der Waals surface area contributed by atoms with Gasteiger partial charge in [0.1, 0.15) is 6.10 Å². The number of carbonyl (C=O) groups is 2. The average molecular weight is 579 g/mol. The Hall–Kier alpha value is -4.02. The summed E-state index contributed by atoms with van der Waals surface area (Å²) in [5.74, 6) is 0.910. The van der Waals surface area contributed by atoms with E-state index in [0.717, 1.165) is 17.7 Å². The first kappa shape index (κ1) is 30.9. The number of ether oxygens (including phenoxy) is 4. The van der Waals surface area contributed by atoms with Gasteiger partial charge in [-0.05, 0) is 61.9 Å². The Morgan fingerprint density at radius 3 is 2.57 bits per heavy atom. The number of carbonyl (C=O) groups excluding carboxylic acids is 2. The monoisotopic (exact) mass is 578 g/mol. The lowest BCUT2D eigenvalue weighted by Gasteiger charge is -2.31. The van der Waals surface area contributed by atoms with Crippen LogP contribution in [-0.2, 0) is 16.0 Å². The maximum atomic E-state index is 13.7. The van der Waals surface area contributed by atoms with Crippen molar-refractivity contribution in [3.8, 4) is 17.2 Å². The fraction of sp³-hybridized carbons (Fsp3) is 0.438. The minimum absolute atomic E-state index is 0.0535. The Bertz CT molecular complexity index is 1300.